The van der Waals surface area contributed by atoms with Crippen molar-refractivity contribution in [1.29, 1.82) is 0 Å². The molecule has 0 unspecified atom stereocenters. The number of benzene rings is 2. The SMILES string of the molecule is COc1cc(NS(=O)(=O)c2cc(N)cc(F)c2)ccc1Cl. The van der Waals surface area contributed by atoms with E-state index < -0.39 is 15.8 Å². The first-order valence-corrected chi connectivity index (χ1v) is 7.60. The number of nitrogen functional groups attached to an aromatic ring is 1. The maximum Gasteiger partial charge on any atom is 0.262 e. The van der Waals surface area contributed by atoms with E-state index in [9.17, 15) is 12.8 Å². The maximum atomic E-state index is 13.3. The topological polar surface area (TPSA) is 81.4 Å². The molecule has 2 aromatic carbocycles. The predicted octanol–water partition coefficient (Wildman–Crippen LogP) is 2.87. The Kier molecular flexibility index (Phi) is 4.24. The molecule has 8 heteroatoms. The van der Waals surface area contributed by atoms with Crippen molar-refractivity contribution in [3.8, 4) is 5.75 Å². The van der Waals surface area contributed by atoms with Crippen LogP contribution in [0.1, 0.15) is 0 Å². The first kappa shape index (κ1) is 15.4. The van der Waals surface area contributed by atoms with Crippen LogP contribution in [0.5, 0.6) is 5.75 Å². The summed E-state index contributed by atoms with van der Waals surface area (Å²) in [6.45, 7) is 0. The zero-order chi connectivity index (χ0) is 15.6. The van der Waals surface area contributed by atoms with E-state index in [0.29, 0.717) is 10.8 Å². The summed E-state index contributed by atoms with van der Waals surface area (Å²) >= 11 is 5.86. The highest BCUT2D eigenvalue weighted by molar-refractivity contribution is 7.92. The fourth-order valence-corrected chi connectivity index (χ4v) is 2.99. The lowest BCUT2D eigenvalue weighted by Gasteiger charge is -2.10. The van der Waals surface area contributed by atoms with E-state index in [1.807, 2.05) is 0 Å². The van der Waals surface area contributed by atoms with Crippen LogP contribution in [0.15, 0.2) is 41.3 Å². The normalized spacial score (nSPS) is 11.2. The van der Waals surface area contributed by atoms with E-state index >= 15 is 0 Å². The van der Waals surface area contributed by atoms with Crippen molar-refractivity contribution >= 4 is 33.0 Å². The predicted molar refractivity (Wildman–Crippen MR) is 79.6 cm³/mol. The number of ether oxygens (including phenoxy) is 1. The number of anilines is 2. The zero-order valence-electron chi connectivity index (χ0n) is 10.9. The summed E-state index contributed by atoms with van der Waals surface area (Å²) < 4.78 is 44.9. The summed E-state index contributed by atoms with van der Waals surface area (Å²) in [5.74, 6) is -0.417. The number of rotatable bonds is 4. The molecule has 0 aliphatic heterocycles. The highest BCUT2D eigenvalue weighted by atomic mass is 35.5. The molecular weight excluding hydrogens is 319 g/mol. The van der Waals surface area contributed by atoms with Gasteiger partial charge in [0.2, 0.25) is 0 Å². The molecule has 0 bridgehead atoms. The van der Waals surface area contributed by atoms with Crippen molar-refractivity contribution < 1.29 is 17.5 Å². The summed E-state index contributed by atoms with van der Waals surface area (Å²) in [6, 6.07) is 7.44. The third-order valence-corrected chi connectivity index (χ3v) is 4.28. The molecule has 0 saturated heterocycles. The third-order valence-electron chi connectivity index (χ3n) is 2.61. The molecule has 0 aliphatic rings. The molecule has 0 spiro atoms. The van der Waals surface area contributed by atoms with Crippen LogP contribution in [-0.2, 0) is 10.0 Å². The number of nitrogens with one attached hydrogen (secondary N) is 1. The van der Waals surface area contributed by atoms with E-state index in [0.717, 1.165) is 12.1 Å². The van der Waals surface area contributed by atoms with E-state index in [2.05, 4.69) is 4.72 Å². The second-order valence-corrected chi connectivity index (χ2v) is 6.26. The molecule has 21 heavy (non-hydrogen) atoms. The second kappa shape index (κ2) is 5.79. The van der Waals surface area contributed by atoms with Gasteiger partial charge in [-0.2, -0.15) is 0 Å². The summed E-state index contributed by atoms with van der Waals surface area (Å²) in [4.78, 5) is -0.270. The van der Waals surface area contributed by atoms with Crippen molar-refractivity contribution in [3.63, 3.8) is 0 Å². The van der Waals surface area contributed by atoms with Crippen molar-refractivity contribution in [2.75, 3.05) is 17.6 Å². The Morgan fingerprint density at radius 2 is 1.95 bits per heavy atom. The summed E-state index contributed by atoms with van der Waals surface area (Å²) in [7, 11) is -2.56. The van der Waals surface area contributed by atoms with Gasteiger partial charge in [0, 0.05) is 11.8 Å². The van der Waals surface area contributed by atoms with E-state index in [4.69, 9.17) is 22.1 Å². The number of methoxy groups -OCH3 is 1. The lowest BCUT2D eigenvalue weighted by atomic mass is 10.3. The van der Waals surface area contributed by atoms with Crippen LogP contribution >= 0.6 is 11.6 Å². The van der Waals surface area contributed by atoms with Gasteiger partial charge in [-0.25, -0.2) is 12.8 Å². The van der Waals surface area contributed by atoms with Crippen LogP contribution in [0, 0.1) is 5.82 Å². The first-order valence-electron chi connectivity index (χ1n) is 5.74. The molecule has 3 N–H and O–H groups in total. The van der Waals surface area contributed by atoms with Gasteiger partial charge in [0.15, 0.2) is 0 Å². The Hall–Kier alpha value is -1.99. The molecule has 0 aliphatic carbocycles. The summed E-state index contributed by atoms with van der Waals surface area (Å²) in [5, 5.41) is 0.343. The minimum absolute atomic E-state index is 0.0176. The number of sulfonamides is 1. The molecule has 2 aromatic rings. The van der Waals surface area contributed by atoms with Gasteiger partial charge in [-0.15, -0.1) is 0 Å². The molecule has 0 amide bonds. The maximum absolute atomic E-state index is 13.3. The number of halogens is 2. The van der Waals surface area contributed by atoms with Gasteiger partial charge < -0.3 is 10.5 Å². The second-order valence-electron chi connectivity index (χ2n) is 4.18. The number of hydrogen-bond acceptors (Lipinski definition) is 4. The molecule has 112 valence electrons. The van der Waals surface area contributed by atoms with Crippen molar-refractivity contribution in [2.24, 2.45) is 0 Å². The lowest BCUT2D eigenvalue weighted by molar-refractivity contribution is 0.415. The van der Waals surface area contributed by atoms with Gasteiger partial charge in [-0.05, 0) is 30.3 Å². The highest BCUT2D eigenvalue weighted by Gasteiger charge is 2.16. The standard InChI is InChI=1S/C13H12ClFN2O3S/c1-20-13-7-10(2-3-12(13)14)17-21(18,19)11-5-8(15)4-9(16)6-11/h2-7,17H,16H2,1H3. The molecule has 0 saturated carbocycles. The van der Waals surface area contributed by atoms with Gasteiger partial charge >= 0.3 is 0 Å². The van der Waals surface area contributed by atoms with Gasteiger partial charge in [0.1, 0.15) is 11.6 Å². The summed E-state index contributed by atoms with van der Waals surface area (Å²) in [5.41, 5.74) is 5.70. The van der Waals surface area contributed by atoms with Crippen molar-refractivity contribution in [2.45, 2.75) is 4.90 Å². The Morgan fingerprint density at radius 3 is 2.57 bits per heavy atom. The fourth-order valence-electron chi connectivity index (χ4n) is 1.68. The molecule has 0 radical (unpaired) electrons. The number of nitrogens with two attached hydrogens (primary N) is 1. The molecule has 0 heterocycles. The van der Waals surface area contributed by atoms with Crippen LogP contribution in [0.25, 0.3) is 0 Å². The highest BCUT2D eigenvalue weighted by Crippen LogP contribution is 2.28. The lowest BCUT2D eigenvalue weighted by Crippen LogP contribution is -2.13. The first-order chi connectivity index (χ1) is 9.81. The monoisotopic (exact) mass is 330 g/mol. The Bertz CT molecular complexity index is 761. The van der Waals surface area contributed by atoms with Gasteiger partial charge in [-0.1, -0.05) is 11.6 Å². The van der Waals surface area contributed by atoms with Crippen LogP contribution in [0.4, 0.5) is 15.8 Å². The average Bonchev–Trinajstić information content (AvgIpc) is 2.39. The fraction of sp³-hybridized carbons (Fsp3) is 0.0769. The summed E-state index contributed by atoms with van der Waals surface area (Å²) in [6.07, 6.45) is 0. The van der Waals surface area contributed by atoms with Crippen LogP contribution in [-0.4, -0.2) is 15.5 Å². The van der Waals surface area contributed by atoms with Crippen LogP contribution in [0.3, 0.4) is 0 Å². The third kappa shape index (κ3) is 3.56. The minimum atomic E-state index is -3.96. The molecule has 2 rings (SSSR count). The number of hydrogen-bond donors (Lipinski definition) is 2. The van der Waals surface area contributed by atoms with Gasteiger partial charge in [0.25, 0.3) is 10.0 Å². The zero-order valence-corrected chi connectivity index (χ0v) is 12.5. The van der Waals surface area contributed by atoms with Crippen LogP contribution in [0.2, 0.25) is 5.02 Å². The average molecular weight is 331 g/mol. The largest absolute Gasteiger partial charge is 0.495 e. The van der Waals surface area contributed by atoms with Crippen molar-refractivity contribution in [1.82, 2.24) is 0 Å². The quantitative estimate of drug-likeness (QED) is 0.845. The van der Waals surface area contributed by atoms with Crippen molar-refractivity contribution in [3.05, 3.63) is 47.2 Å². The Morgan fingerprint density at radius 1 is 1.24 bits per heavy atom. The van der Waals surface area contributed by atoms with E-state index in [-0.39, 0.29) is 16.3 Å². The Labute approximate surface area is 126 Å². The molecule has 5 nitrogen and oxygen atoms in total. The van der Waals surface area contributed by atoms with E-state index in [1.54, 1.807) is 0 Å². The van der Waals surface area contributed by atoms with Gasteiger partial charge in [-0.3, -0.25) is 4.72 Å². The molecule has 0 atom stereocenters. The Balaban J connectivity index is 2.37. The smallest absolute Gasteiger partial charge is 0.262 e. The van der Waals surface area contributed by atoms with Gasteiger partial charge in [0.05, 0.1) is 22.7 Å². The minimum Gasteiger partial charge on any atom is -0.495 e. The molecule has 0 fully saturated rings. The molecule has 0 aromatic heterocycles. The van der Waals surface area contributed by atoms with E-state index in [1.165, 1.54) is 31.4 Å². The molecular formula is C13H12ClFN2O3S. The van der Waals surface area contributed by atoms with Crippen LogP contribution < -0.4 is 15.2 Å².